The summed E-state index contributed by atoms with van der Waals surface area (Å²) in [4.78, 5) is 16.5. The molecule has 0 radical (unpaired) electrons. The zero-order valence-electron chi connectivity index (χ0n) is 17.6. The molecule has 164 valence electrons. The molecule has 2 N–H and O–H groups in total. The van der Waals surface area contributed by atoms with Crippen LogP contribution in [0.2, 0.25) is 0 Å². The molecule has 0 aliphatic heterocycles. The van der Waals surface area contributed by atoms with Crippen LogP contribution in [-0.4, -0.2) is 30.4 Å². The molecule has 0 bridgehead atoms. The number of benzene rings is 3. The third kappa shape index (κ3) is 5.04. The van der Waals surface area contributed by atoms with Gasteiger partial charge in [-0.2, -0.15) is 0 Å². The van der Waals surface area contributed by atoms with E-state index >= 15 is 0 Å². The molecule has 0 spiro atoms. The molecule has 3 aromatic carbocycles. The molecular formula is C24H24N4O3S. The first-order valence-electron chi connectivity index (χ1n) is 10.3. The van der Waals surface area contributed by atoms with Crippen LogP contribution in [0.4, 0.5) is 0 Å². The summed E-state index contributed by atoms with van der Waals surface area (Å²) in [6.45, 7) is 1.91. The molecule has 0 aliphatic rings. The highest BCUT2D eigenvalue weighted by Crippen LogP contribution is 2.19. The summed E-state index contributed by atoms with van der Waals surface area (Å²) < 4.78 is 29.6. The summed E-state index contributed by atoms with van der Waals surface area (Å²) in [5, 5.41) is 4.73. The fourth-order valence-electron chi connectivity index (χ4n) is 3.46. The van der Waals surface area contributed by atoms with Gasteiger partial charge in [-0.3, -0.25) is 4.79 Å². The zero-order chi connectivity index (χ0) is 22.6. The molecular weight excluding hydrogens is 424 g/mol. The van der Waals surface area contributed by atoms with Gasteiger partial charge < -0.3 is 9.88 Å². The number of rotatable bonds is 8. The van der Waals surface area contributed by atoms with Gasteiger partial charge in [-0.15, -0.1) is 0 Å². The fourth-order valence-corrected chi connectivity index (χ4v) is 4.53. The summed E-state index contributed by atoms with van der Waals surface area (Å²) in [5.41, 5.74) is 1.94. The lowest BCUT2D eigenvalue weighted by molar-refractivity contribution is -0.121. The molecule has 1 aromatic heterocycles. The Labute approximate surface area is 187 Å². The van der Waals surface area contributed by atoms with Gasteiger partial charge in [0.2, 0.25) is 15.9 Å². The fraction of sp³-hybridized carbons (Fsp3) is 0.167. The predicted octanol–water partition coefficient (Wildman–Crippen LogP) is 3.57. The molecule has 0 saturated heterocycles. The maximum atomic E-state index is 12.6. The van der Waals surface area contributed by atoms with Crippen LogP contribution in [0.3, 0.4) is 0 Å². The topological polar surface area (TPSA) is 93.1 Å². The van der Waals surface area contributed by atoms with Crippen LogP contribution in [-0.2, 0) is 14.8 Å². The van der Waals surface area contributed by atoms with Crippen molar-refractivity contribution in [2.75, 3.05) is 6.54 Å². The number of nitrogens with zero attached hydrogens (tertiary/aromatic N) is 2. The van der Waals surface area contributed by atoms with Crippen molar-refractivity contribution in [3.8, 4) is 5.69 Å². The Hall–Kier alpha value is -3.49. The first-order chi connectivity index (χ1) is 15.4. The standard InChI is InChI=1S/C24H24N4O3S/c1-18(19-6-9-22(10-7-19)28-15-14-25-17-28)27-24(29)12-13-26-32(30,31)23-11-8-20-4-2-3-5-21(20)16-23/h2-11,14-18,26H,12-13H2,1H3,(H,27,29). The summed E-state index contributed by atoms with van der Waals surface area (Å²) in [6.07, 6.45) is 5.34. The summed E-state index contributed by atoms with van der Waals surface area (Å²) in [6, 6.07) is 20.1. The molecule has 32 heavy (non-hydrogen) atoms. The lowest BCUT2D eigenvalue weighted by Crippen LogP contribution is -2.32. The summed E-state index contributed by atoms with van der Waals surface area (Å²) in [7, 11) is -3.69. The first-order valence-corrected chi connectivity index (χ1v) is 11.8. The molecule has 4 aromatic rings. The minimum Gasteiger partial charge on any atom is -0.350 e. The minimum absolute atomic E-state index is 0.0211. The smallest absolute Gasteiger partial charge is 0.240 e. The molecule has 4 rings (SSSR count). The second kappa shape index (κ2) is 9.33. The molecule has 0 saturated carbocycles. The third-order valence-electron chi connectivity index (χ3n) is 5.25. The number of amides is 1. The molecule has 7 nitrogen and oxygen atoms in total. The Balaban J connectivity index is 1.30. The van der Waals surface area contributed by atoms with Crippen molar-refractivity contribution in [2.45, 2.75) is 24.3 Å². The molecule has 0 fully saturated rings. The molecule has 1 amide bonds. The van der Waals surface area contributed by atoms with Crippen LogP contribution in [0.15, 0.2) is 90.3 Å². The molecule has 1 heterocycles. The van der Waals surface area contributed by atoms with Crippen molar-refractivity contribution in [1.82, 2.24) is 19.6 Å². The molecule has 8 heteroatoms. The van der Waals surface area contributed by atoms with E-state index in [9.17, 15) is 13.2 Å². The van der Waals surface area contributed by atoms with Gasteiger partial charge in [0.25, 0.3) is 0 Å². The SMILES string of the molecule is CC(NC(=O)CCNS(=O)(=O)c1ccc2ccccc2c1)c1ccc(-n2ccnc2)cc1. The van der Waals surface area contributed by atoms with Crippen molar-refractivity contribution >= 4 is 26.7 Å². The zero-order valence-corrected chi connectivity index (χ0v) is 18.4. The number of hydrogen-bond acceptors (Lipinski definition) is 4. The average molecular weight is 449 g/mol. The van der Waals surface area contributed by atoms with Crippen LogP contribution in [0, 0.1) is 0 Å². The van der Waals surface area contributed by atoms with Crippen molar-refractivity contribution < 1.29 is 13.2 Å². The monoisotopic (exact) mass is 448 g/mol. The van der Waals surface area contributed by atoms with Gasteiger partial charge in [0.15, 0.2) is 0 Å². The number of carbonyl (C=O) groups is 1. The van der Waals surface area contributed by atoms with E-state index in [0.29, 0.717) is 0 Å². The molecule has 0 aliphatic carbocycles. The Bertz CT molecular complexity index is 1320. The van der Waals surface area contributed by atoms with Gasteiger partial charge in [-0.25, -0.2) is 18.1 Å². The van der Waals surface area contributed by atoms with Crippen LogP contribution >= 0.6 is 0 Å². The van der Waals surface area contributed by atoms with E-state index in [1.807, 2.05) is 66.2 Å². The third-order valence-corrected chi connectivity index (χ3v) is 6.71. The van der Waals surface area contributed by atoms with E-state index in [1.54, 1.807) is 30.7 Å². The van der Waals surface area contributed by atoms with Crippen molar-refractivity contribution in [3.05, 3.63) is 91.0 Å². The highest BCUT2D eigenvalue weighted by Gasteiger charge is 2.16. The van der Waals surface area contributed by atoms with Gasteiger partial charge >= 0.3 is 0 Å². The molecule has 1 atom stereocenters. The summed E-state index contributed by atoms with van der Waals surface area (Å²) >= 11 is 0. The van der Waals surface area contributed by atoms with Gasteiger partial charge in [0, 0.05) is 31.0 Å². The van der Waals surface area contributed by atoms with Crippen molar-refractivity contribution in [2.24, 2.45) is 0 Å². The largest absolute Gasteiger partial charge is 0.350 e. The summed E-state index contributed by atoms with van der Waals surface area (Å²) in [5.74, 6) is -0.225. The van der Waals surface area contributed by atoms with E-state index in [-0.39, 0.29) is 29.8 Å². The Morgan fingerprint density at radius 3 is 2.50 bits per heavy atom. The second-order valence-electron chi connectivity index (χ2n) is 7.51. The highest BCUT2D eigenvalue weighted by molar-refractivity contribution is 7.89. The van der Waals surface area contributed by atoms with Crippen LogP contribution in [0.1, 0.15) is 24.9 Å². The average Bonchev–Trinajstić information content (AvgIpc) is 3.33. The maximum Gasteiger partial charge on any atom is 0.240 e. The Morgan fingerprint density at radius 1 is 1.03 bits per heavy atom. The quantitative estimate of drug-likeness (QED) is 0.431. The lowest BCUT2D eigenvalue weighted by Gasteiger charge is -2.15. The first kappa shape index (κ1) is 21.7. The predicted molar refractivity (Wildman–Crippen MR) is 124 cm³/mol. The maximum absolute atomic E-state index is 12.6. The van der Waals surface area contributed by atoms with E-state index in [4.69, 9.17) is 0 Å². The van der Waals surface area contributed by atoms with Gasteiger partial charge in [-0.1, -0.05) is 42.5 Å². The number of imidazole rings is 1. The van der Waals surface area contributed by atoms with E-state index in [1.165, 1.54) is 0 Å². The van der Waals surface area contributed by atoms with Crippen LogP contribution < -0.4 is 10.0 Å². The minimum atomic E-state index is -3.69. The van der Waals surface area contributed by atoms with Crippen molar-refractivity contribution in [1.29, 1.82) is 0 Å². The van der Waals surface area contributed by atoms with Gasteiger partial charge in [0.05, 0.1) is 17.3 Å². The normalized spacial score (nSPS) is 12.5. The van der Waals surface area contributed by atoms with Crippen LogP contribution in [0.5, 0.6) is 0 Å². The van der Waals surface area contributed by atoms with Crippen molar-refractivity contribution in [3.63, 3.8) is 0 Å². The number of hydrogen-bond donors (Lipinski definition) is 2. The van der Waals surface area contributed by atoms with Crippen LogP contribution in [0.25, 0.3) is 16.5 Å². The van der Waals surface area contributed by atoms with E-state index in [2.05, 4.69) is 15.0 Å². The number of fused-ring (bicyclic) bond motifs is 1. The Morgan fingerprint density at radius 2 is 1.78 bits per heavy atom. The highest BCUT2D eigenvalue weighted by atomic mass is 32.2. The Kier molecular flexibility index (Phi) is 6.34. The lowest BCUT2D eigenvalue weighted by atomic mass is 10.1. The van der Waals surface area contributed by atoms with Gasteiger partial charge in [-0.05, 0) is 47.5 Å². The van der Waals surface area contributed by atoms with E-state index < -0.39 is 10.0 Å². The number of sulfonamides is 1. The second-order valence-corrected chi connectivity index (χ2v) is 9.27. The number of nitrogens with one attached hydrogen (secondary N) is 2. The number of aromatic nitrogens is 2. The van der Waals surface area contributed by atoms with Gasteiger partial charge in [0.1, 0.15) is 0 Å². The molecule has 1 unspecified atom stereocenters. The van der Waals surface area contributed by atoms with E-state index in [0.717, 1.165) is 22.0 Å². The number of carbonyl (C=O) groups excluding carboxylic acids is 1.